The van der Waals surface area contributed by atoms with Crippen LogP contribution in [-0.4, -0.2) is 36.5 Å². The highest BCUT2D eigenvalue weighted by molar-refractivity contribution is 5.85. The second-order valence-electron chi connectivity index (χ2n) is 4.76. The lowest BCUT2D eigenvalue weighted by Crippen LogP contribution is -2.50. The molecule has 2 atom stereocenters. The number of rotatable bonds is 4. The molecule has 0 spiro atoms. The maximum absolute atomic E-state index is 12.2. The first kappa shape index (κ1) is 14.0. The van der Waals surface area contributed by atoms with Crippen LogP contribution < -0.4 is 0 Å². The summed E-state index contributed by atoms with van der Waals surface area (Å²) in [6.45, 7) is 4.69. The van der Waals surface area contributed by atoms with Gasteiger partial charge >= 0.3 is 5.97 Å². The van der Waals surface area contributed by atoms with Crippen LogP contribution in [0.2, 0.25) is 0 Å². The zero-order valence-electron chi connectivity index (χ0n) is 11.1. The Bertz CT molecular complexity index is 278. The van der Waals surface area contributed by atoms with Crippen LogP contribution in [0.5, 0.6) is 0 Å². The number of amides is 1. The second-order valence-corrected chi connectivity index (χ2v) is 4.76. The average Bonchev–Trinajstić information content (AvgIpc) is 2.37. The van der Waals surface area contributed by atoms with Crippen molar-refractivity contribution in [1.29, 1.82) is 0 Å². The number of methoxy groups -OCH3 is 1. The monoisotopic (exact) mass is 241 g/mol. The molecule has 0 N–H and O–H groups in total. The van der Waals surface area contributed by atoms with Gasteiger partial charge in [-0.05, 0) is 25.7 Å². The fourth-order valence-corrected chi connectivity index (χ4v) is 2.42. The van der Waals surface area contributed by atoms with Crippen molar-refractivity contribution in [3.05, 3.63) is 0 Å². The maximum atomic E-state index is 12.2. The molecule has 0 bridgehead atoms. The predicted molar refractivity (Wildman–Crippen MR) is 65.4 cm³/mol. The number of likely N-dealkylation sites (tertiary alicyclic amines) is 1. The van der Waals surface area contributed by atoms with Gasteiger partial charge in [-0.2, -0.15) is 0 Å². The summed E-state index contributed by atoms with van der Waals surface area (Å²) in [5.74, 6) is -0.172. The highest BCUT2D eigenvalue weighted by Gasteiger charge is 2.34. The Balaban J connectivity index is 2.70. The summed E-state index contributed by atoms with van der Waals surface area (Å²) in [7, 11) is 1.38. The molecule has 0 aliphatic carbocycles. The molecular weight excluding hydrogens is 218 g/mol. The first-order chi connectivity index (χ1) is 8.11. The Labute approximate surface area is 103 Å². The molecule has 0 aromatic heterocycles. The van der Waals surface area contributed by atoms with Crippen molar-refractivity contribution in [2.45, 2.75) is 52.0 Å². The van der Waals surface area contributed by atoms with Crippen LogP contribution in [0.15, 0.2) is 0 Å². The lowest BCUT2D eigenvalue weighted by Gasteiger charge is -2.35. The summed E-state index contributed by atoms with van der Waals surface area (Å²) in [6, 6.07) is -0.361. The second kappa shape index (κ2) is 6.62. The van der Waals surface area contributed by atoms with E-state index in [1.165, 1.54) is 7.11 Å². The molecule has 1 amide bonds. The van der Waals surface area contributed by atoms with Gasteiger partial charge in [0.05, 0.1) is 7.11 Å². The molecule has 0 radical (unpaired) electrons. The standard InChI is InChI=1S/C13H23NO3/c1-4-7-10(2)12(15)14-9-6-5-8-11(14)13(16)17-3/h10-11H,4-9H2,1-3H3. The first-order valence-electron chi connectivity index (χ1n) is 6.50. The van der Waals surface area contributed by atoms with E-state index in [1.54, 1.807) is 4.90 Å². The normalized spacial score (nSPS) is 22.1. The Morgan fingerprint density at radius 2 is 2.12 bits per heavy atom. The summed E-state index contributed by atoms with van der Waals surface area (Å²) in [5, 5.41) is 0. The van der Waals surface area contributed by atoms with Gasteiger partial charge in [-0.3, -0.25) is 4.79 Å². The molecule has 1 aliphatic rings. The minimum absolute atomic E-state index is 0.00487. The molecule has 1 fully saturated rings. The summed E-state index contributed by atoms with van der Waals surface area (Å²) >= 11 is 0. The van der Waals surface area contributed by atoms with E-state index < -0.39 is 0 Å². The summed E-state index contributed by atoms with van der Waals surface area (Å²) in [4.78, 5) is 25.6. The predicted octanol–water partition coefficient (Wildman–Crippen LogP) is 1.98. The van der Waals surface area contributed by atoms with E-state index in [2.05, 4.69) is 6.92 Å². The van der Waals surface area contributed by atoms with Gasteiger partial charge in [0.15, 0.2) is 0 Å². The van der Waals surface area contributed by atoms with Crippen LogP contribution in [0, 0.1) is 5.92 Å². The molecule has 1 rings (SSSR count). The smallest absolute Gasteiger partial charge is 0.328 e. The van der Waals surface area contributed by atoms with Crippen molar-refractivity contribution in [3.8, 4) is 0 Å². The van der Waals surface area contributed by atoms with E-state index in [0.29, 0.717) is 6.54 Å². The van der Waals surface area contributed by atoms with Gasteiger partial charge < -0.3 is 9.64 Å². The summed E-state index contributed by atoms with van der Waals surface area (Å²) in [6.07, 6.45) is 4.58. The highest BCUT2D eigenvalue weighted by atomic mass is 16.5. The van der Waals surface area contributed by atoms with Crippen molar-refractivity contribution in [2.75, 3.05) is 13.7 Å². The van der Waals surface area contributed by atoms with E-state index >= 15 is 0 Å². The topological polar surface area (TPSA) is 46.6 Å². The Kier molecular flexibility index (Phi) is 5.45. The fraction of sp³-hybridized carbons (Fsp3) is 0.846. The van der Waals surface area contributed by atoms with E-state index in [1.807, 2.05) is 6.92 Å². The van der Waals surface area contributed by atoms with Gasteiger partial charge in [-0.25, -0.2) is 4.79 Å². The molecule has 4 heteroatoms. The summed E-state index contributed by atoms with van der Waals surface area (Å²) < 4.78 is 4.78. The van der Waals surface area contributed by atoms with Crippen molar-refractivity contribution in [2.24, 2.45) is 5.92 Å². The number of piperidine rings is 1. The number of carbonyl (C=O) groups is 2. The zero-order chi connectivity index (χ0) is 12.8. The molecule has 0 aromatic rings. The van der Waals surface area contributed by atoms with Crippen molar-refractivity contribution >= 4 is 11.9 Å². The minimum atomic E-state index is -0.361. The van der Waals surface area contributed by atoms with E-state index in [4.69, 9.17) is 4.74 Å². The molecule has 98 valence electrons. The minimum Gasteiger partial charge on any atom is -0.467 e. The Hall–Kier alpha value is -1.06. The number of esters is 1. The first-order valence-corrected chi connectivity index (χ1v) is 6.50. The third kappa shape index (κ3) is 3.45. The van der Waals surface area contributed by atoms with Crippen molar-refractivity contribution < 1.29 is 14.3 Å². The number of nitrogens with zero attached hydrogens (tertiary/aromatic N) is 1. The molecule has 0 aromatic carbocycles. The lowest BCUT2D eigenvalue weighted by molar-refractivity contribution is -0.156. The van der Waals surface area contributed by atoms with Gasteiger partial charge in [-0.15, -0.1) is 0 Å². The van der Waals surface area contributed by atoms with Crippen LogP contribution in [0.4, 0.5) is 0 Å². The Morgan fingerprint density at radius 1 is 1.41 bits per heavy atom. The van der Waals surface area contributed by atoms with E-state index in [-0.39, 0.29) is 23.8 Å². The van der Waals surface area contributed by atoms with Crippen LogP contribution in [-0.2, 0) is 14.3 Å². The van der Waals surface area contributed by atoms with E-state index in [0.717, 1.165) is 32.1 Å². The van der Waals surface area contributed by atoms with Crippen LogP contribution >= 0.6 is 0 Å². The van der Waals surface area contributed by atoms with E-state index in [9.17, 15) is 9.59 Å². The molecule has 17 heavy (non-hydrogen) atoms. The van der Waals surface area contributed by atoms with Crippen LogP contribution in [0.25, 0.3) is 0 Å². The van der Waals surface area contributed by atoms with Gasteiger partial charge in [0, 0.05) is 12.5 Å². The number of hydrogen-bond acceptors (Lipinski definition) is 3. The fourth-order valence-electron chi connectivity index (χ4n) is 2.42. The maximum Gasteiger partial charge on any atom is 0.328 e. The largest absolute Gasteiger partial charge is 0.467 e. The molecule has 1 saturated heterocycles. The number of carbonyl (C=O) groups excluding carboxylic acids is 2. The highest BCUT2D eigenvalue weighted by Crippen LogP contribution is 2.21. The lowest BCUT2D eigenvalue weighted by atomic mass is 9.98. The number of hydrogen-bond donors (Lipinski definition) is 0. The summed E-state index contributed by atoms with van der Waals surface area (Å²) in [5.41, 5.74) is 0. The van der Waals surface area contributed by atoms with Crippen LogP contribution in [0.3, 0.4) is 0 Å². The SMILES string of the molecule is CCCC(C)C(=O)N1CCCCC1C(=O)OC. The zero-order valence-corrected chi connectivity index (χ0v) is 11.1. The Morgan fingerprint density at radius 3 is 2.71 bits per heavy atom. The molecule has 1 aliphatic heterocycles. The third-order valence-corrected chi connectivity index (χ3v) is 3.40. The van der Waals surface area contributed by atoms with Gasteiger partial charge in [-0.1, -0.05) is 20.3 Å². The molecule has 4 nitrogen and oxygen atoms in total. The molecule has 0 saturated carbocycles. The van der Waals surface area contributed by atoms with Crippen molar-refractivity contribution in [3.63, 3.8) is 0 Å². The average molecular weight is 241 g/mol. The third-order valence-electron chi connectivity index (χ3n) is 3.40. The number of ether oxygens (including phenoxy) is 1. The van der Waals surface area contributed by atoms with Gasteiger partial charge in [0.25, 0.3) is 0 Å². The molecule has 2 unspecified atom stereocenters. The van der Waals surface area contributed by atoms with Crippen molar-refractivity contribution in [1.82, 2.24) is 4.90 Å². The molecule has 1 heterocycles. The molecular formula is C13H23NO3. The van der Waals surface area contributed by atoms with Crippen LogP contribution in [0.1, 0.15) is 46.0 Å². The van der Waals surface area contributed by atoms with Gasteiger partial charge in [0.1, 0.15) is 6.04 Å². The van der Waals surface area contributed by atoms with Gasteiger partial charge in [0.2, 0.25) is 5.91 Å². The quantitative estimate of drug-likeness (QED) is 0.707.